The Morgan fingerprint density at radius 3 is 2.53 bits per heavy atom. The van der Waals surface area contributed by atoms with E-state index in [0.29, 0.717) is 12.8 Å². The van der Waals surface area contributed by atoms with E-state index < -0.39 is 29.2 Å². The van der Waals surface area contributed by atoms with Crippen LogP contribution < -0.4 is 4.74 Å². The monoisotopic (exact) mass is 274 g/mol. The number of alkyl halides is 2. The highest BCUT2D eigenvalue weighted by atomic mass is 19.3. The van der Waals surface area contributed by atoms with Crippen LogP contribution in [0, 0.1) is 5.82 Å². The van der Waals surface area contributed by atoms with Crippen LogP contribution in [0.1, 0.15) is 36.8 Å². The second-order valence-corrected chi connectivity index (χ2v) is 4.73. The van der Waals surface area contributed by atoms with Crippen molar-refractivity contribution in [3.05, 3.63) is 29.1 Å². The minimum Gasteiger partial charge on any atom is -0.496 e. The van der Waals surface area contributed by atoms with Crippen LogP contribution in [0.2, 0.25) is 0 Å². The molecule has 1 N–H and O–H groups in total. The molecule has 19 heavy (non-hydrogen) atoms. The first-order chi connectivity index (χ1) is 8.89. The molecule has 1 saturated carbocycles. The first-order valence-electron chi connectivity index (χ1n) is 5.77. The van der Waals surface area contributed by atoms with Crippen LogP contribution in [-0.4, -0.2) is 18.2 Å². The van der Waals surface area contributed by atoms with Crippen molar-refractivity contribution in [2.75, 3.05) is 7.11 Å². The van der Waals surface area contributed by atoms with Gasteiger partial charge in [0.15, 0.2) is 0 Å². The van der Waals surface area contributed by atoms with Gasteiger partial charge in [0.2, 0.25) is 0 Å². The molecule has 1 aliphatic carbocycles. The van der Waals surface area contributed by atoms with Gasteiger partial charge in [-0.15, -0.1) is 0 Å². The highest BCUT2D eigenvalue weighted by Gasteiger charge is 2.48. The van der Waals surface area contributed by atoms with Crippen molar-refractivity contribution >= 4 is 5.97 Å². The normalized spacial score (nSPS) is 16.5. The lowest BCUT2D eigenvalue weighted by atomic mass is 9.90. The molecule has 0 heterocycles. The third kappa shape index (κ3) is 2.52. The summed E-state index contributed by atoms with van der Waals surface area (Å²) in [5.41, 5.74) is -1.08. The van der Waals surface area contributed by atoms with Crippen LogP contribution in [-0.2, 0) is 10.2 Å². The Bertz CT molecular complexity index is 510. The Morgan fingerprint density at radius 1 is 1.47 bits per heavy atom. The van der Waals surface area contributed by atoms with Crippen molar-refractivity contribution in [3.63, 3.8) is 0 Å². The van der Waals surface area contributed by atoms with Crippen molar-refractivity contribution < 1.29 is 27.8 Å². The number of carbonyl (C=O) groups is 1. The van der Waals surface area contributed by atoms with E-state index in [9.17, 15) is 18.0 Å². The maximum absolute atomic E-state index is 13.5. The number of carboxylic acid groups (broad SMARTS) is 1. The van der Waals surface area contributed by atoms with Crippen molar-refractivity contribution in [2.45, 2.75) is 31.1 Å². The first-order valence-corrected chi connectivity index (χ1v) is 5.77. The van der Waals surface area contributed by atoms with E-state index in [0.717, 1.165) is 12.1 Å². The van der Waals surface area contributed by atoms with Gasteiger partial charge in [0, 0.05) is 11.0 Å². The molecule has 0 bridgehead atoms. The largest absolute Gasteiger partial charge is 0.496 e. The fourth-order valence-corrected chi connectivity index (χ4v) is 2.38. The summed E-state index contributed by atoms with van der Waals surface area (Å²) in [5.74, 6) is -1.94. The van der Waals surface area contributed by atoms with E-state index >= 15 is 0 Å². The van der Waals surface area contributed by atoms with Gasteiger partial charge in [0.1, 0.15) is 11.6 Å². The molecule has 0 spiro atoms. The quantitative estimate of drug-likeness (QED) is 0.896. The first kappa shape index (κ1) is 13.7. The Hall–Kier alpha value is -1.72. The van der Waals surface area contributed by atoms with Crippen LogP contribution in [0.25, 0.3) is 0 Å². The van der Waals surface area contributed by atoms with Crippen LogP contribution in [0.5, 0.6) is 5.75 Å². The van der Waals surface area contributed by atoms with Crippen molar-refractivity contribution in [3.8, 4) is 5.75 Å². The smallest absolute Gasteiger partial charge is 0.304 e. The number of methoxy groups -OCH3 is 1. The Labute approximate surface area is 108 Å². The maximum Gasteiger partial charge on any atom is 0.304 e. The van der Waals surface area contributed by atoms with Crippen molar-refractivity contribution in [1.82, 2.24) is 0 Å². The molecule has 0 aromatic heterocycles. The second kappa shape index (κ2) is 4.75. The van der Waals surface area contributed by atoms with E-state index in [1.807, 2.05) is 0 Å². The minimum absolute atomic E-state index is 0.102. The lowest BCUT2D eigenvalue weighted by Gasteiger charge is -2.19. The summed E-state index contributed by atoms with van der Waals surface area (Å²) in [6.45, 7) is 0. The SMILES string of the molecule is COc1c(C(F)F)cc(F)cc1C1(CC(=O)O)CC1. The summed E-state index contributed by atoms with van der Waals surface area (Å²) in [4.78, 5) is 10.8. The Kier molecular flexibility index (Phi) is 3.43. The van der Waals surface area contributed by atoms with E-state index in [-0.39, 0.29) is 17.7 Å². The van der Waals surface area contributed by atoms with Gasteiger partial charge < -0.3 is 9.84 Å². The Balaban J connectivity index is 2.53. The number of hydrogen-bond donors (Lipinski definition) is 1. The summed E-state index contributed by atoms with van der Waals surface area (Å²) in [5, 5.41) is 8.88. The van der Waals surface area contributed by atoms with Gasteiger partial charge in [0.25, 0.3) is 6.43 Å². The fraction of sp³-hybridized carbons (Fsp3) is 0.462. The number of hydrogen-bond acceptors (Lipinski definition) is 2. The zero-order chi connectivity index (χ0) is 14.2. The molecule has 1 aromatic rings. The van der Waals surface area contributed by atoms with Gasteiger partial charge in [-0.05, 0) is 25.0 Å². The van der Waals surface area contributed by atoms with Gasteiger partial charge in [-0.3, -0.25) is 4.79 Å². The third-order valence-electron chi connectivity index (χ3n) is 3.44. The standard InChI is InChI=1S/C13H13F3O3/c1-19-11-8(12(15)16)4-7(14)5-9(11)13(2-3-13)6-10(17)18/h4-5,12H,2-3,6H2,1H3,(H,17,18). The average Bonchev–Trinajstić information content (AvgIpc) is 3.07. The lowest BCUT2D eigenvalue weighted by molar-refractivity contribution is -0.137. The molecule has 0 unspecified atom stereocenters. The molecule has 2 rings (SSSR count). The van der Waals surface area contributed by atoms with Gasteiger partial charge in [-0.2, -0.15) is 0 Å². The van der Waals surface area contributed by atoms with E-state index in [4.69, 9.17) is 9.84 Å². The molecule has 0 atom stereocenters. The zero-order valence-corrected chi connectivity index (χ0v) is 10.3. The molecule has 104 valence electrons. The maximum atomic E-state index is 13.5. The highest BCUT2D eigenvalue weighted by molar-refractivity contribution is 5.71. The second-order valence-electron chi connectivity index (χ2n) is 4.73. The van der Waals surface area contributed by atoms with Gasteiger partial charge in [-0.25, -0.2) is 13.2 Å². The minimum atomic E-state index is -2.87. The van der Waals surface area contributed by atoms with Crippen LogP contribution in [0.3, 0.4) is 0 Å². The van der Waals surface area contributed by atoms with Gasteiger partial charge in [-0.1, -0.05) is 0 Å². The number of halogens is 3. The average molecular weight is 274 g/mol. The molecule has 1 fully saturated rings. The van der Waals surface area contributed by atoms with Gasteiger partial charge in [0.05, 0.1) is 19.1 Å². The van der Waals surface area contributed by atoms with Crippen molar-refractivity contribution in [1.29, 1.82) is 0 Å². The molecule has 6 heteroatoms. The summed E-state index contributed by atoms with van der Waals surface area (Å²) < 4.78 is 44.2. The molecular weight excluding hydrogens is 261 g/mol. The molecule has 3 nitrogen and oxygen atoms in total. The fourth-order valence-electron chi connectivity index (χ4n) is 2.38. The predicted octanol–water partition coefficient (Wildman–Crippen LogP) is 3.28. The molecule has 0 aliphatic heterocycles. The van der Waals surface area contributed by atoms with Crippen LogP contribution in [0.15, 0.2) is 12.1 Å². The zero-order valence-electron chi connectivity index (χ0n) is 10.3. The Morgan fingerprint density at radius 2 is 2.11 bits per heavy atom. The van der Waals surface area contributed by atoms with Gasteiger partial charge >= 0.3 is 5.97 Å². The number of rotatable bonds is 5. The van der Waals surface area contributed by atoms with Crippen LogP contribution >= 0.6 is 0 Å². The summed E-state index contributed by atoms with van der Waals surface area (Å²) in [6, 6.07) is 1.82. The molecular formula is C13H13F3O3. The molecule has 0 amide bonds. The highest BCUT2D eigenvalue weighted by Crippen LogP contribution is 2.55. The molecule has 1 aromatic carbocycles. The number of ether oxygens (including phenoxy) is 1. The van der Waals surface area contributed by atoms with E-state index in [1.54, 1.807) is 0 Å². The summed E-state index contributed by atoms with van der Waals surface area (Å²) in [6.07, 6.45) is -2.02. The summed E-state index contributed by atoms with van der Waals surface area (Å²) in [7, 11) is 1.22. The van der Waals surface area contributed by atoms with Crippen molar-refractivity contribution in [2.24, 2.45) is 0 Å². The molecule has 0 saturated heterocycles. The van der Waals surface area contributed by atoms with E-state index in [1.165, 1.54) is 7.11 Å². The number of carboxylic acids is 1. The van der Waals surface area contributed by atoms with Crippen LogP contribution in [0.4, 0.5) is 13.2 Å². The third-order valence-corrected chi connectivity index (χ3v) is 3.44. The predicted molar refractivity (Wildman–Crippen MR) is 61.1 cm³/mol. The molecule has 0 radical (unpaired) electrons. The lowest BCUT2D eigenvalue weighted by Crippen LogP contribution is -2.15. The molecule has 1 aliphatic rings. The van der Waals surface area contributed by atoms with E-state index in [2.05, 4.69) is 0 Å². The number of aliphatic carboxylic acids is 1. The number of benzene rings is 1. The topological polar surface area (TPSA) is 46.5 Å². The summed E-state index contributed by atoms with van der Waals surface area (Å²) >= 11 is 0.